The van der Waals surface area contributed by atoms with Crippen molar-refractivity contribution in [1.82, 2.24) is 5.32 Å². The molecule has 0 saturated heterocycles. The van der Waals surface area contributed by atoms with E-state index in [2.05, 4.69) is 10.6 Å². The van der Waals surface area contributed by atoms with Gasteiger partial charge in [0.05, 0.1) is 48.0 Å². The van der Waals surface area contributed by atoms with Crippen LogP contribution in [0.15, 0.2) is 66.7 Å². The van der Waals surface area contributed by atoms with E-state index in [0.717, 1.165) is 5.56 Å². The first-order chi connectivity index (χ1) is 15.4. The molecule has 0 bridgehead atoms. The Kier molecular flexibility index (Phi) is 7.98. The van der Waals surface area contributed by atoms with E-state index in [0.29, 0.717) is 32.8 Å². The zero-order valence-electron chi connectivity index (χ0n) is 17.5. The van der Waals surface area contributed by atoms with Gasteiger partial charge < -0.3 is 20.1 Å². The van der Waals surface area contributed by atoms with Crippen molar-refractivity contribution in [3.63, 3.8) is 0 Å². The average molecular weight is 473 g/mol. The summed E-state index contributed by atoms with van der Waals surface area (Å²) in [5.74, 6) is 0.0823. The van der Waals surface area contributed by atoms with Crippen molar-refractivity contribution >= 4 is 40.7 Å². The third-order valence-corrected chi connectivity index (χ3v) is 5.39. The Morgan fingerprint density at radius 3 is 2.19 bits per heavy atom. The lowest BCUT2D eigenvalue weighted by Gasteiger charge is -2.20. The fourth-order valence-electron chi connectivity index (χ4n) is 3.16. The molecule has 6 nitrogen and oxygen atoms in total. The molecule has 3 rings (SSSR count). The minimum atomic E-state index is -0.583. The number of carbonyl (C=O) groups excluding carboxylic acids is 2. The van der Waals surface area contributed by atoms with Crippen LogP contribution in [0.1, 0.15) is 28.4 Å². The molecule has 1 unspecified atom stereocenters. The Morgan fingerprint density at radius 1 is 0.875 bits per heavy atom. The van der Waals surface area contributed by atoms with Crippen molar-refractivity contribution in [1.29, 1.82) is 0 Å². The molecule has 3 aromatic rings. The third kappa shape index (κ3) is 5.72. The number of nitrogens with one attached hydrogen (secondary N) is 2. The highest BCUT2D eigenvalue weighted by atomic mass is 35.5. The Balaban J connectivity index is 1.82. The molecule has 8 heteroatoms. The summed E-state index contributed by atoms with van der Waals surface area (Å²) in [7, 11) is 2.96. The molecule has 0 saturated carbocycles. The summed E-state index contributed by atoms with van der Waals surface area (Å²) >= 11 is 12.3. The van der Waals surface area contributed by atoms with Gasteiger partial charge in [-0.2, -0.15) is 0 Å². The number of anilines is 1. The summed E-state index contributed by atoms with van der Waals surface area (Å²) in [6, 6.07) is 18.5. The highest BCUT2D eigenvalue weighted by Gasteiger charge is 2.21. The molecule has 3 aromatic carbocycles. The molecule has 166 valence electrons. The second-order valence-corrected chi connectivity index (χ2v) is 7.67. The first-order valence-electron chi connectivity index (χ1n) is 9.74. The van der Waals surface area contributed by atoms with E-state index in [1.165, 1.54) is 14.2 Å². The summed E-state index contributed by atoms with van der Waals surface area (Å²) in [4.78, 5) is 25.7. The highest BCUT2D eigenvalue weighted by Crippen LogP contribution is 2.36. The van der Waals surface area contributed by atoms with Gasteiger partial charge in [0.1, 0.15) is 11.5 Å². The van der Waals surface area contributed by atoms with Crippen molar-refractivity contribution in [3.8, 4) is 11.5 Å². The fraction of sp³-hybridized carbons (Fsp3) is 0.167. The summed E-state index contributed by atoms with van der Waals surface area (Å²) < 4.78 is 10.5. The molecule has 0 radical (unpaired) electrons. The smallest absolute Gasteiger partial charge is 0.253 e. The minimum Gasteiger partial charge on any atom is -0.495 e. The van der Waals surface area contributed by atoms with E-state index in [1.807, 2.05) is 30.3 Å². The van der Waals surface area contributed by atoms with Crippen molar-refractivity contribution in [2.45, 2.75) is 12.5 Å². The summed E-state index contributed by atoms with van der Waals surface area (Å²) in [5, 5.41) is 6.40. The van der Waals surface area contributed by atoms with Crippen LogP contribution in [0.3, 0.4) is 0 Å². The summed E-state index contributed by atoms with van der Waals surface area (Å²) in [5.41, 5.74) is 1.52. The molecule has 0 heterocycles. The predicted octanol–water partition coefficient (Wildman–Crippen LogP) is 5.51. The molecule has 2 amide bonds. The molecule has 0 aliphatic heterocycles. The standard InChI is InChI=1S/C24H22Cl2N2O4/c1-31-21-13-20(22(32-2)12-18(21)26)27-23(29)14-19(15-8-4-3-5-9-15)28-24(30)16-10-6-7-11-17(16)25/h3-13,19H,14H2,1-2H3,(H,27,29)(H,28,30). The first-order valence-corrected chi connectivity index (χ1v) is 10.5. The maximum Gasteiger partial charge on any atom is 0.253 e. The summed E-state index contributed by atoms with van der Waals surface area (Å²) in [6.45, 7) is 0. The molecule has 0 aliphatic carbocycles. The van der Waals surface area contributed by atoms with Gasteiger partial charge in [-0.1, -0.05) is 65.7 Å². The molecular weight excluding hydrogens is 451 g/mol. The SMILES string of the molecule is COc1cc(NC(=O)CC(NC(=O)c2ccccc2Cl)c2ccccc2)c(OC)cc1Cl. The van der Waals surface area contributed by atoms with Crippen LogP contribution in [0.2, 0.25) is 10.0 Å². The van der Waals surface area contributed by atoms with Gasteiger partial charge in [-0.05, 0) is 17.7 Å². The quantitative estimate of drug-likeness (QED) is 0.452. The predicted molar refractivity (Wildman–Crippen MR) is 126 cm³/mol. The van der Waals surface area contributed by atoms with Crippen molar-refractivity contribution < 1.29 is 19.1 Å². The van der Waals surface area contributed by atoms with Crippen LogP contribution in [0.25, 0.3) is 0 Å². The zero-order valence-corrected chi connectivity index (χ0v) is 19.0. The Labute approximate surface area is 196 Å². The lowest BCUT2D eigenvalue weighted by Crippen LogP contribution is -2.31. The van der Waals surface area contributed by atoms with Crippen LogP contribution in [-0.2, 0) is 4.79 Å². The van der Waals surface area contributed by atoms with Crippen LogP contribution >= 0.6 is 23.2 Å². The van der Waals surface area contributed by atoms with E-state index in [1.54, 1.807) is 36.4 Å². The topological polar surface area (TPSA) is 76.7 Å². The average Bonchev–Trinajstić information content (AvgIpc) is 2.80. The number of amides is 2. The number of hydrogen-bond acceptors (Lipinski definition) is 4. The Bertz CT molecular complexity index is 1110. The van der Waals surface area contributed by atoms with Gasteiger partial charge in [0.25, 0.3) is 5.91 Å². The van der Waals surface area contributed by atoms with Gasteiger partial charge >= 0.3 is 0 Å². The Hall–Kier alpha value is -3.22. The summed E-state index contributed by atoms with van der Waals surface area (Å²) in [6.07, 6.45) is -0.0195. The van der Waals surface area contributed by atoms with E-state index in [4.69, 9.17) is 32.7 Å². The molecule has 0 fully saturated rings. The number of rotatable bonds is 8. The fourth-order valence-corrected chi connectivity index (χ4v) is 3.62. The molecule has 32 heavy (non-hydrogen) atoms. The van der Waals surface area contributed by atoms with Gasteiger partial charge in [0.15, 0.2) is 0 Å². The van der Waals surface area contributed by atoms with Crippen LogP contribution in [0.5, 0.6) is 11.5 Å². The highest BCUT2D eigenvalue weighted by molar-refractivity contribution is 6.33. The second kappa shape index (κ2) is 10.9. The van der Waals surface area contributed by atoms with Gasteiger partial charge in [-0.15, -0.1) is 0 Å². The first kappa shape index (κ1) is 23.4. The zero-order chi connectivity index (χ0) is 23.1. The molecule has 0 spiro atoms. The Morgan fingerprint density at radius 2 is 1.53 bits per heavy atom. The molecule has 2 N–H and O–H groups in total. The number of benzene rings is 3. The van der Waals surface area contributed by atoms with Crippen LogP contribution in [0, 0.1) is 0 Å². The van der Waals surface area contributed by atoms with E-state index in [9.17, 15) is 9.59 Å². The molecule has 0 aromatic heterocycles. The van der Waals surface area contributed by atoms with E-state index in [-0.39, 0.29) is 18.2 Å². The van der Waals surface area contributed by atoms with Crippen LogP contribution < -0.4 is 20.1 Å². The maximum absolute atomic E-state index is 12.9. The molecule has 1 atom stereocenters. The van der Waals surface area contributed by atoms with E-state index >= 15 is 0 Å². The number of halogens is 2. The monoisotopic (exact) mass is 472 g/mol. The largest absolute Gasteiger partial charge is 0.495 e. The number of ether oxygens (including phenoxy) is 2. The number of methoxy groups -OCH3 is 2. The van der Waals surface area contributed by atoms with Gasteiger partial charge in [-0.3, -0.25) is 9.59 Å². The maximum atomic E-state index is 12.9. The van der Waals surface area contributed by atoms with Crippen molar-refractivity contribution in [2.75, 3.05) is 19.5 Å². The van der Waals surface area contributed by atoms with Crippen molar-refractivity contribution in [2.24, 2.45) is 0 Å². The lowest BCUT2D eigenvalue weighted by molar-refractivity contribution is -0.116. The van der Waals surface area contributed by atoms with Gasteiger partial charge in [0.2, 0.25) is 5.91 Å². The van der Waals surface area contributed by atoms with Crippen LogP contribution in [0.4, 0.5) is 5.69 Å². The third-order valence-electron chi connectivity index (χ3n) is 4.76. The van der Waals surface area contributed by atoms with Crippen molar-refractivity contribution in [3.05, 3.63) is 87.9 Å². The molecular formula is C24H22Cl2N2O4. The normalized spacial score (nSPS) is 11.4. The molecule has 0 aliphatic rings. The number of hydrogen-bond donors (Lipinski definition) is 2. The number of carbonyl (C=O) groups is 2. The van der Waals surface area contributed by atoms with Crippen LogP contribution in [-0.4, -0.2) is 26.0 Å². The second-order valence-electron chi connectivity index (χ2n) is 6.86. The van der Waals surface area contributed by atoms with Gasteiger partial charge in [-0.25, -0.2) is 0 Å². The lowest BCUT2D eigenvalue weighted by atomic mass is 10.0. The van der Waals surface area contributed by atoms with Gasteiger partial charge in [0, 0.05) is 12.1 Å². The van der Waals surface area contributed by atoms with E-state index < -0.39 is 6.04 Å². The minimum absolute atomic E-state index is 0.0195.